The Morgan fingerprint density at radius 1 is 0.375 bits per heavy atom. The maximum atomic E-state index is 10.4. The van der Waals surface area contributed by atoms with Crippen molar-refractivity contribution in [2.24, 2.45) is 0 Å². The van der Waals surface area contributed by atoms with Gasteiger partial charge in [0.05, 0.1) is 0 Å². The number of ether oxygens (including phenoxy) is 4. The monoisotopic (exact) mass is 912 g/mol. The lowest BCUT2D eigenvalue weighted by Crippen LogP contribution is -1.84. The number of hydrogen-bond donors (Lipinski definition) is 1. The molecule has 322 valence electrons. The van der Waals surface area contributed by atoms with Crippen LogP contribution in [0, 0.1) is 0 Å². The Morgan fingerprint density at radius 2 is 0.656 bits per heavy atom. The highest BCUT2D eigenvalue weighted by Crippen LogP contribution is 2.24. The molecule has 1 aliphatic heterocycles. The van der Waals surface area contributed by atoms with Crippen LogP contribution < -0.4 is 14.2 Å². The first-order chi connectivity index (χ1) is 31.4. The number of aldehydes is 2. The number of phenolic OH excluding ortho intramolecular Hbond substituents is 1. The number of benzene rings is 8. The fraction of sp³-hybridized carbons (Fsp3) is 0.0714. The third-order valence-corrected chi connectivity index (χ3v) is 9.30. The number of carbonyl (C=O) groups excluding carboxylic acids is 2. The zero-order valence-corrected chi connectivity index (χ0v) is 36.8. The molecule has 1 saturated heterocycles. The lowest BCUT2D eigenvalue weighted by molar-refractivity contribution is 0.111. The highest BCUT2D eigenvalue weighted by atomic mass is 79.9. The molecular weight excluding hydrogens is 865 g/mol. The molecule has 8 aromatic carbocycles. The zero-order valence-electron chi connectivity index (χ0n) is 35.2. The van der Waals surface area contributed by atoms with E-state index in [4.69, 9.17) is 24.1 Å². The largest absolute Gasteiger partial charge is 0.508 e. The van der Waals surface area contributed by atoms with E-state index in [0.717, 1.165) is 75.9 Å². The van der Waals surface area contributed by atoms with E-state index in [1.54, 1.807) is 36.4 Å². The Morgan fingerprint density at radius 3 is 0.922 bits per heavy atom. The summed E-state index contributed by atoms with van der Waals surface area (Å²) in [6.45, 7) is 2.00. The van der Waals surface area contributed by atoms with E-state index >= 15 is 0 Å². The van der Waals surface area contributed by atoms with Crippen LogP contribution in [-0.4, -0.2) is 30.9 Å². The first-order valence-corrected chi connectivity index (χ1v) is 21.4. The summed E-state index contributed by atoms with van der Waals surface area (Å²) in [5.74, 6) is 5.02. The van der Waals surface area contributed by atoms with Crippen molar-refractivity contribution < 1.29 is 33.6 Å². The van der Waals surface area contributed by atoms with Crippen LogP contribution in [0.2, 0.25) is 0 Å². The van der Waals surface area contributed by atoms with Crippen molar-refractivity contribution in [3.8, 4) is 40.2 Å². The van der Waals surface area contributed by atoms with Crippen molar-refractivity contribution in [2.75, 3.05) is 13.2 Å². The molecular formula is C56H49BrO7. The summed E-state index contributed by atoms with van der Waals surface area (Å²) in [5.41, 5.74) is 3.46. The predicted octanol–water partition coefficient (Wildman–Crippen LogP) is 15.2. The second-order valence-electron chi connectivity index (χ2n) is 13.7. The van der Waals surface area contributed by atoms with Gasteiger partial charge in [-0.05, 0) is 145 Å². The molecule has 0 aliphatic carbocycles. The molecule has 9 rings (SSSR count). The van der Waals surface area contributed by atoms with E-state index in [1.807, 2.05) is 170 Å². The quantitative estimate of drug-likeness (QED) is 0.108. The third kappa shape index (κ3) is 19.0. The molecule has 1 fully saturated rings. The average molecular weight is 914 g/mol. The van der Waals surface area contributed by atoms with Gasteiger partial charge in [-0.3, -0.25) is 9.59 Å². The van der Waals surface area contributed by atoms with Crippen molar-refractivity contribution in [3.05, 3.63) is 245 Å². The van der Waals surface area contributed by atoms with Crippen LogP contribution in [-0.2, 0) is 4.74 Å². The van der Waals surface area contributed by atoms with Gasteiger partial charge in [-0.25, -0.2) is 0 Å². The van der Waals surface area contributed by atoms with E-state index < -0.39 is 0 Å². The van der Waals surface area contributed by atoms with E-state index in [1.165, 1.54) is 25.0 Å². The SMILES string of the molecule is Brc1ccccc1.C(=C\c1ccc(Oc2ccccc2)cc1)/c1ccc(Oc2ccccc2)cc1.C1CCOC1.O=Cc1ccc(O)cc1.O=Cc1ccc(Oc2ccccc2)cc1. The molecule has 1 heterocycles. The number of hydrogen-bond acceptors (Lipinski definition) is 7. The highest BCUT2D eigenvalue weighted by Gasteiger charge is 1.99. The van der Waals surface area contributed by atoms with Gasteiger partial charge in [0.15, 0.2) is 0 Å². The molecule has 0 aromatic heterocycles. The molecule has 64 heavy (non-hydrogen) atoms. The maximum absolute atomic E-state index is 10.4. The topological polar surface area (TPSA) is 91.3 Å². The third-order valence-electron chi connectivity index (χ3n) is 8.77. The van der Waals surface area contributed by atoms with Gasteiger partial charge in [0.1, 0.15) is 52.8 Å². The Labute approximate surface area is 384 Å². The standard InChI is InChI=1S/C26H20O2.C13H10O2.C7H6O2.C6H5Br.C4H8O/c1-3-7-23(8-4-1)27-25-17-13-21(14-18-25)11-12-22-15-19-26(20-16-22)28-24-9-5-2-6-10-24;14-10-11-6-8-13(9-7-11)15-12-4-2-1-3-5-12;8-5-6-1-3-7(9)4-2-6;7-6-4-2-1-3-5-6;1-2-4-5-3-1/h1-20H;1-10H;1-5,9H;1-5H;1-4H2/b12-11+;;;;. The van der Waals surface area contributed by atoms with Crippen LogP contribution in [0.1, 0.15) is 44.7 Å². The van der Waals surface area contributed by atoms with Crippen LogP contribution in [0.25, 0.3) is 12.2 Å². The number of halogens is 1. The Balaban J connectivity index is 0.000000177. The fourth-order valence-corrected chi connectivity index (χ4v) is 5.76. The molecule has 8 heteroatoms. The Bertz CT molecular complexity index is 2400. The zero-order chi connectivity index (χ0) is 44.9. The molecule has 8 aromatic rings. The second-order valence-corrected chi connectivity index (χ2v) is 14.6. The summed E-state index contributed by atoms with van der Waals surface area (Å²) in [5, 5.41) is 8.74. The number of aromatic hydroxyl groups is 1. The van der Waals surface area contributed by atoms with Gasteiger partial charge in [-0.15, -0.1) is 0 Å². The summed E-state index contributed by atoms with van der Waals surface area (Å²) in [4.78, 5) is 20.5. The smallest absolute Gasteiger partial charge is 0.150 e. The summed E-state index contributed by atoms with van der Waals surface area (Å²) < 4.78 is 23.3. The van der Waals surface area contributed by atoms with E-state index in [9.17, 15) is 9.59 Å². The Kier molecular flexibility index (Phi) is 20.9. The molecule has 0 unspecified atom stereocenters. The van der Waals surface area contributed by atoms with Crippen molar-refractivity contribution in [1.82, 2.24) is 0 Å². The fourth-order valence-electron chi connectivity index (χ4n) is 5.45. The van der Waals surface area contributed by atoms with E-state index in [-0.39, 0.29) is 5.75 Å². The van der Waals surface area contributed by atoms with Gasteiger partial charge in [-0.1, -0.05) is 125 Å². The normalized spacial score (nSPS) is 11.0. The number of rotatable bonds is 10. The van der Waals surface area contributed by atoms with Crippen LogP contribution in [0.4, 0.5) is 0 Å². The molecule has 0 bridgehead atoms. The van der Waals surface area contributed by atoms with Gasteiger partial charge >= 0.3 is 0 Å². The van der Waals surface area contributed by atoms with Crippen LogP contribution in [0.15, 0.2) is 223 Å². The minimum atomic E-state index is 0.181. The number of carbonyl (C=O) groups is 2. The molecule has 0 spiro atoms. The lowest BCUT2D eigenvalue weighted by Gasteiger charge is -2.06. The highest BCUT2D eigenvalue weighted by molar-refractivity contribution is 9.10. The van der Waals surface area contributed by atoms with Crippen molar-refractivity contribution >= 4 is 40.7 Å². The summed E-state index contributed by atoms with van der Waals surface area (Å²) >= 11 is 3.31. The molecule has 0 atom stereocenters. The Hall–Kier alpha value is -7.52. The van der Waals surface area contributed by atoms with Crippen LogP contribution >= 0.6 is 15.9 Å². The predicted molar refractivity (Wildman–Crippen MR) is 261 cm³/mol. The maximum Gasteiger partial charge on any atom is 0.150 e. The molecule has 7 nitrogen and oxygen atoms in total. The minimum Gasteiger partial charge on any atom is -0.508 e. The second kappa shape index (κ2) is 28.2. The molecule has 1 aliphatic rings. The first kappa shape index (κ1) is 47.5. The molecule has 0 amide bonds. The van der Waals surface area contributed by atoms with Crippen molar-refractivity contribution in [2.45, 2.75) is 12.8 Å². The van der Waals surface area contributed by atoms with Crippen LogP contribution in [0.3, 0.4) is 0 Å². The van der Waals surface area contributed by atoms with Crippen LogP contribution in [0.5, 0.6) is 40.2 Å². The average Bonchev–Trinajstić information content (AvgIpc) is 3.95. The lowest BCUT2D eigenvalue weighted by atomic mass is 10.1. The summed E-state index contributed by atoms with van der Waals surface area (Å²) in [6.07, 6.45) is 8.27. The van der Waals surface area contributed by atoms with Gasteiger partial charge in [0.2, 0.25) is 0 Å². The summed E-state index contributed by atoms with van der Waals surface area (Å²) in [7, 11) is 0. The first-order valence-electron chi connectivity index (χ1n) is 20.6. The van der Waals surface area contributed by atoms with Gasteiger partial charge in [-0.2, -0.15) is 0 Å². The number of para-hydroxylation sites is 3. The van der Waals surface area contributed by atoms with E-state index in [2.05, 4.69) is 28.1 Å². The molecule has 0 radical (unpaired) electrons. The van der Waals surface area contributed by atoms with E-state index in [0.29, 0.717) is 11.1 Å². The van der Waals surface area contributed by atoms with Gasteiger partial charge in [0.25, 0.3) is 0 Å². The molecule has 0 saturated carbocycles. The van der Waals surface area contributed by atoms with Crippen molar-refractivity contribution in [3.63, 3.8) is 0 Å². The van der Waals surface area contributed by atoms with Gasteiger partial charge < -0.3 is 24.1 Å². The van der Waals surface area contributed by atoms with Gasteiger partial charge in [0, 0.05) is 28.8 Å². The minimum absolute atomic E-state index is 0.181. The molecule has 1 N–H and O–H groups in total. The number of phenols is 1. The summed E-state index contributed by atoms with van der Waals surface area (Å²) in [6, 6.07) is 68.2. The van der Waals surface area contributed by atoms with Crippen molar-refractivity contribution in [1.29, 1.82) is 0 Å².